The first-order valence-electron chi connectivity index (χ1n) is 5.97. The molecule has 0 spiro atoms. The SMILES string of the molecule is CC(C)CCC(C)(O)CNc1nnc(C(F)(F)F)s1. The molecule has 1 rings (SSSR count). The van der Waals surface area contributed by atoms with Crippen LogP contribution in [0.2, 0.25) is 0 Å². The van der Waals surface area contributed by atoms with Gasteiger partial charge in [-0.2, -0.15) is 13.2 Å². The summed E-state index contributed by atoms with van der Waals surface area (Å²) in [5, 5.41) is 18.3. The number of nitrogens with one attached hydrogen (secondary N) is 1. The quantitative estimate of drug-likeness (QED) is 0.847. The molecule has 1 atom stereocenters. The van der Waals surface area contributed by atoms with E-state index >= 15 is 0 Å². The Balaban J connectivity index is 2.50. The van der Waals surface area contributed by atoms with Gasteiger partial charge in [0.25, 0.3) is 0 Å². The second kappa shape index (κ2) is 6.04. The van der Waals surface area contributed by atoms with E-state index in [2.05, 4.69) is 15.5 Å². The number of anilines is 1. The maximum absolute atomic E-state index is 12.3. The summed E-state index contributed by atoms with van der Waals surface area (Å²) >= 11 is 0.435. The zero-order valence-electron chi connectivity index (χ0n) is 11.1. The zero-order chi connectivity index (χ0) is 14.7. The van der Waals surface area contributed by atoms with Gasteiger partial charge in [0.1, 0.15) is 0 Å². The maximum Gasteiger partial charge on any atom is 0.445 e. The number of hydrogen-bond acceptors (Lipinski definition) is 5. The fourth-order valence-corrected chi connectivity index (χ4v) is 1.97. The van der Waals surface area contributed by atoms with Gasteiger partial charge >= 0.3 is 6.18 Å². The van der Waals surface area contributed by atoms with E-state index in [4.69, 9.17) is 0 Å². The smallest absolute Gasteiger partial charge is 0.388 e. The van der Waals surface area contributed by atoms with E-state index in [1.807, 2.05) is 13.8 Å². The molecule has 0 amide bonds. The van der Waals surface area contributed by atoms with Gasteiger partial charge in [-0.15, -0.1) is 10.2 Å². The summed E-state index contributed by atoms with van der Waals surface area (Å²) in [7, 11) is 0. The van der Waals surface area contributed by atoms with Gasteiger partial charge in [0.15, 0.2) is 0 Å². The standard InChI is InChI=1S/C11H18F3N3OS/c1-7(2)4-5-10(3,18)6-15-9-17-16-8(19-9)11(12,13)14/h7,18H,4-6H2,1-3H3,(H,15,17). The first kappa shape index (κ1) is 16.2. The molecule has 110 valence electrons. The third kappa shape index (κ3) is 5.73. The van der Waals surface area contributed by atoms with Crippen molar-refractivity contribution in [3.05, 3.63) is 5.01 Å². The summed E-state index contributed by atoms with van der Waals surface area (Å²) in [5.74, 6) is 0.463. The molecular weight excluding hydrogens is 279 g/mol. The normalized spacial score (nSPS) is 15.6. The van der Waals surface area contributed by atoms with Gasteiger partial charge < -0.3 is 10.4 Å². The highest BCUT2D eigenvalue weighted by Crippen LogP contribution is 2.33. The summed E-state index contributed by atoms with van der Waals surface area (Å²) in [6, 6.07) is 0. The van der Waals surface area contributed by atoms with E-state index in [1.54, 1.807) is 6.92 Å². The van der Waals surface area contributed by atoms with Crippen molar-refractivity contribution in [3.63, 3.8) is 0 Å². The molecule has 0 saturated heterocycles. The third-order valence-corrected chi connectivity index (χ3v) is 3.47. The van der Waals surface area contributed by atoms with Crippen LogP contribution in [0.15, 0.2) is 0 Å². The van der Waals surface area contributed by atoms with E-state index in [9.17, 15) is 18.3 Å². The molecule has 4 nitrogen and oxygen atoms in total. The lowest BCUT2D eigenvalue weighted by Gasteiger charge is -2.24. The van der Waals surface area contributed by atoms with Crippen molar-refractivity contribution in [1.82, 2.24) is 10.2 Å². The molecule has 0 aliphatic rings. The van der Waals surface area contributed by atoms with E-state index < -0.39 is 16.8 Å². The molecule has 0 saturated carbocycles. The van der Waals surface area contributed by atoms with Crippen LogP contribution in [0.4, 0.5) is 18.3 Å². The Labute approximate surface area is 114 Å². The molecule has 1 aromatic rings. The van der Waals surface area contributed by atoms with Crippen LogP contribution >= 0.6 is 11.3 Å². The fourth-order valence-electron chi connectivity index (χ4n) is 1.36. The highest BCUT2D eigenvalue weighted by molar-refractivity contribution is 7.15. The van der Waals surface area contributed by atoms with Crippen molar-refractivity contribution < 1.29 is 18.3 Å². The summed E-state index contributed by atoms with van der Waals surface area (Å²) in [5.41, 5.74) is -0.978. The third-order valence-electron chi connectivity index (χ3n) is 2.55. The molecule has 0 radical (unpaired) electrons. The summed E-state index contributed by atoms with van der Waals surface area (Å²) < 4.78 is 36.9. The van der Waals surface area contributed by atoms with Gasteiger partial charge in [-0.3, -0.25) is 0 Å². The van der Waals surface area contributed by atoms with Crippen molar-refractivity contribution in [2.45, 2.75) is 45.4 Å². The molecule has 1 aromatic heterocycles. The van der Waals surface area contributed by atoms with Crippen LogP contribution in [0.25, 0.3) is 0 Å². The lowest BCUT2D eigenvalue weighted by molar-refractivity contribution is -0.138. The highest BCUT2D eigenvalue weighted by atomic mass is 32.1. The predicted octanol–water partition coefficient (Wildman–Crippen LogP) is 3.16. The second-order valence-electron chi connectivity index (χ2n) is 5.19. The number of aliphatic hydroxyl groups is 1. The van der Waals surface area contributed by atoms with Crippen LogP contribution in [-0.2, 0) is 6.18 Å². The number of aromatic nitrogens is 2. The van der Waals surface area contributed by atoms with Gasteiger partial charge in [0, 0.05) is 6.54 Å². The number of rotatable bonds is 6. The Morgan fingerprint density at radius 3 is 2.42 bits per heavy atom. The zero-order valence-corrected chi connectivity index (χ0v) is 11.9. The Morgan fingerprint density at radius 1 is 1.32 bits per heavy atom. The summed E-state index contributed by atoms with van der Waals surface area (Å²) in [6.07, 6.45) is -3.06. The van der Waals surface area contributed by atoms with Crippen LogP contribution in [-0.4, -0.2) is 27.4 Å². The Hall–Kier alpha value is -0.890. The second-order valence-corrected chi connectivity index (χ2v) is 6.17. The number of alkyl halides is 3. The minimum Gasteiger partial charge on any atom is -0.388 e. The first-order chi connectivity index (χ1) is 8.60. The molecule has 8 heteroatoms. The minimum atomic E-state index is -4.47. The van der Waals surface area contributed by atoms with Crippen LogP contribution in [0.1, 0.15) is 38.6 Å². The molecule has 0 aliphatic carbocycles. The number of hydrogen-bond donors (Lipinski definition) is 2. The van der Waals surface area contributed by atoms with Crippen LogP contribution in [0.3, 0.4) is 0 Å². The Kier molecular flexibility index (Phi) is 5.14. The molecule has 19 heavy (non-hydrogen) atoms. The fraction of sp³-hybridized carbons (Fsp3) is 0.818. The lowest BCUT2D eigenvalue weighted by Crippen LogP contribution is -2.33. The minimum absolute atomic E-state index is 0.0668. The maximum atomic E-state index is 12.3. The Morgan fingerprint density at radius 2 is 1.95 bits per heavy atom. The van der Waals surface area contributed by atoms with E-state index in [0.717, 1.165) is 6.42 Å². The number of halogens is 3. The molecular formula is C11H18F3N3OS. The van der Waals surface area contributed by atoms with Gasteiger partial charge in [-0.25, -0.2) is 0 Å². The van der Waals surface area contributed by atoms with E-state index in [1.165, 1.54) is 0 Å². The molecule has 2 N–H and O–H groups in total. The Bertz CT molecular complexity index is 404. The van der Waals surface area contributed by atoms with Crippen molar-refractivity contribution in [2.75, 3.05) is 11.9 Å². The van der Waals surface area contributed by atoms with Gasteiger partial charge in [0.2, 0.25) is 10.1 Å². The van der Waals surface area contributed by atoms with Gasteiger partial charge in [-0.1, -0.05) is 25.2 Å². The van der Waals surface area contributed by atoms with Crippen LogP contribution in [0, 0.1) is 5.92 Å². The van der Waals surface area contributed by atoms with Gasteiger partial charge in [0.05, 0.1) is 5.60 Å². The van der Waals surface area contributed by atoms with Crippen molar-refractivity contribution in [2.24, 2.45) is 5.92 Å². The van der Waals surface area contributed by atoms with Crippen molar-refractivity contribution in [1.29, 1.82) is 0 Å². The molecule has 1 heterocycles. The average Bonchev–Trinajstić information content (AvgIpc) is 2.72. The molecule has 0 aromatic carbocycles. The van der Waals surface area contributed by atoms with Gasteiger partial charge in [-0.05, 0) is 25.7 Å². The summed E-state index contributed by atoms with van der Waals surface area (Å²) in [6.45, 7) is 5.88. The predicted molar refractivity (Wildman–Crippen MR) is 68.1 cm³/mol. The molecule has 1 unspecified atom stereocenters. The lowest BCUT2D eigenvalue weighted by atomic mass is 9.95. The van der Waals surface area contributed by atoms with E-state index in [0.29, 0.717) is 23.7 Å². The molecule has 0 fully saturated rings. The average molecular weight is 297 g/mol. The highest BCUT2D eigenvalue weighted by Gasteiger charge is 2.35. The van der Waals surface area contributed by atoms with E-state index in [-0.39, 0.29) is 11.7 Å². The summed E-state index contributed by atoms with van der Waals surface area (Å²) in [4.78, 5) is 0. The van der Waals surface area contributed by atoms with Crippen LogP contribution < -0.4 is 5.32 Å². The van der Waals surface area contributed by atoms with Crippen molar-refractivity contribution in [3.8, 4) is 0 Å². The van der Waals surface area contributed by atoms with Crippen molar-refractivity contribution >= 4 is 16.5 Å². The van der Waals surface area contributed by atoms with Crippen LogP contribution in [0.5, 0.6) is 0 Å². The number of nitrogens with zero attached hydrogens (tertiary/aromatic N) is 2. The molecule has 0 aliphatic heterocycles. The molecule has 0 bridgehead atoms. The topological polar surface area (TPSA) is 58.0 Å². The largest absolute Gasteiger partial charge is 0.445 e. The monoisotopic (exact) mass is 297 g/mol. The first-order valence-corrected chi connectivity index (χ1v) is 6.79.